The predicted octanol–water partition coefficient (Wildman–Crippen LogP) is 4.09. The van der Waals surface area contributed by atoms with Gasteiger partial charge in [-0.05, 0) is 37.1 Å². The third-order valence-corrected chi connectivity index (χ3v) is 2.95. The average Bonchev–Trinajstić information content (AvgIpc) is 2.39. The van der Waals surface area contributed by atoms with Crippen molar-refractivity contribution in [1.29, 1.82) is 0 Å². The van der Waals surface area contributed by atoms with Crippen molar-refractivity contribution in [2.45, 2.75) is 19.8 Å². The molecule has 2 rings (SSSR count). The molecule has 0 amide bonds. The summed E-state index contributed by atoms with van der Waals surface area (Å²) in [5.74, 6) is -1.64. The van der Waals surface area contributed by atoms with Gasteiger partial charge in [0.05, 0.1) is 5.56 Å². The molecule has 0 aliphatic heterocycles. The summed E-state index contributed by atoms with van der Waals surface area (Å²) in [6.45, 7) is 1.97. The Kier molecular flexibility index (Phi) is 4.05. The van der Waals surface area contributed by atoms with Crippen LogP contribution in [-0.2, 0) is 6.42 Å². The van der Waals surface area contributed by atoms with Crippen molar-refractivity contribution in [2.75, 3.05) is 0 Å². The van der Waals surface area contributed by atoms with E-state index in [-0.39, 0.29) is 17.8 Å². The Morgan fingerprint density at radius 1 is 1.11 bits per heavy atom. The van der Waals surface area contributed by atoms with E-state index in [0.717, 1.165) is 29.3 Å². The van der Waals surface area contributed by atoms with Crippen molar-refractivity contribution in [2.24, 2.45) is 0 Å². The second-order valence-corrected chi connectivity index (χ2v) is 4.54. The first-order valence-corrected chi connectivity index (χ1v) is 6.10. The van der Waals surface area contributed by atoms with E-state index >= 15 is 0 Å². The zero-order valence-corrected chi connectivity index (χ0v) is 10.6. The molecule has 0 spiro atoms. The van der Waals surface area contributed by atoms with Crippen LogP contribution < -0.4 is 0 Å². The van der Waals surface area contributed by atoms with Crippen LogP contribution in [0.15, 0.2) is 42.5 Å². The third-order valence-electron chi connectivity index (χ3n) is 2.95. The third kappa shape index (κ3) is 3.47. The number of Topliss-reactive ketones (excluding diaryl/α,β-unsaturated/α-hetero) is 1. The lowest BCUT2D eigenvalue weighted by molar-refractivity contribution is 0.0978. The summed E-state index contributed by atoms with van der Waals surface area (Å²) >= 11 is 0. The summed E-state index contributed by atoms with van der Waals surface area (Å²) in [4.78, 5) is 11.9. The highest BCUT2D eigenvalue weighted by Crippen LogP contribution is 2.14. The molecule has 0 saturated heterocycles. The second kappa shape index (κ2) is 5.74. The number of carbonyl (C=O) groups is 1. The summed E-state index contributed by atoms with van der Waals surface area (Å²) in [7, 11) is 0. The maximum atomic E-state index is 13.4. The second-order valence-electron chi connectivity index (χ2n) is 4.54. The lowest BCUT2D eigenvalue weighted by Crippen LogP contribution is -2.04. The first kappa shape index (κ1) is 13.4. The number of ketones is 1. The van der Waals surface area contributed by atoms with E-state index in [1.807, 2.05) is 31.2 Å². The fourth-order valence-corrected chi connectivity index (χ4v) is 1.97. The topological polar surface area (TPSA) is 17.1 Å². The van der Waals surface area contributed by atoms with E-state index in [4.69, 9.17) is 0 Å². The van der Waals surface area contributed by atoms with Gasteiger partial charge in [-0.15, -0.1) is 0 Å². The smallest absolute Gasteiger partial charge is 0.166 e. The zero-order valence-electron chi connectivity index (χ0n) is 10.6. The zero-order chi connectivity index (χ0) is 13.8. The Hall–Kier alpha value is -2.03. The largest absolute Gasteiger partial charge is 0.294 e. The minimum atomic E-state index is -0.671. The highest BCUT2D eigenvalue weighted by Gasteiger charge is 2.12. The van der Waals surface area contributed by atoms with Gasteiger partial charge in [-0.1, -0.05) is 29.8 Å². The van der Waals surface area contributed by atoms with Crippen LogP contribution in [0.1, 0.15) is 27.9 Å². The summed E-state index contributed by atoms with van der Waals surface area (Å²) in [5.41, 5.74) is 1.96. The van der Waals surface area contributed by atoms with Crippen LogP contribution in [0, 0.1) is 18.6 Å². The molecular formula is C16H14F2O. The van der Waals surface area contributed by atoms with Crippen LogP contribution in [-0.4, -0.2) is 5.78 Å². The van der Waals surface area contributed by atoms with Crippen LogP contribution >= 0.6 is 0 Å². The van der Waals surface area contributed by atoms with Gasteiger partial charge < -0.3 is 0 Å². The van der Waals surface area contributed by atoms with Gasteiger partial charge in [0.1, 0.15) is 11.6 Å². The molecule has 0 fully saturated rings. The SMILES string of the molecule is Cc1cccc(CCC(=O)c2cc(F)ccc2F)c1. The molecule has 0 radical (unpaired) electrons. The number of carbonyl (C=O) groups excluding carboxylic acids is 1. The number of aryl methyl sites for hydroxylation is 2. The fourth-order valence-electron chi connectivity index (χ4n) is 1.97. The Bertz CT molecular complexity index is 605. The Labute approximate surface area is 110 Å². The molecule has 2 aromatic rings. The van der Waals surface area contributed by atoms with Crippen molar-refractivity contribution < 1.29 is 13.6 Å². The molecule has 0 heterocycles. The van der Waals surface area contributed by atoms with Gasteiger partial charge >= 0.3 is 0 Å². The van der Waals surface area contributed by atoms with Crippen molar-refractivity contribution in [1.82, 2.24) is 0 Å². The molecule has 19 heavy (non-hydrogen) atoms. The first-order valence-electron chi connectivity index (χ1n) is 6.10. The molecule has 0 N–H and O–H groups in total. The minimum Gasteiger partial charge on any atom is -0.294 e. The van der Waals surface area contributed by atoms with Crippen LogP contribution in [0.25, 0.3) is 0 Å². The molecule has 0 atom stereocenters. The lowest BCUT2D eigenvalue weighted by atomic mass is 10.0. The highest BCUT2D eigenvalue weighted by atomic mass is 19.1. The molecule has 0 aromatic heterocycles. The minimum absolute atomic E-state index is 0.170. The monoisotopic (exact) mass is 260 g/mol. The Morgan fingerprint density at radius 2 is 1.89 bits per heavy atom. The number of rotatable bonds is 4. The van der Waals surface area contributed by atoms with E-state index in [2.05, 4.69) is 0 Å². The highest BCUT2D eigenvalue weighted by molar-refractivity contribution is 5.96. The summed E-state index contributed by atoms with van der Waals surface area (Å²) < 4.78 is 26.4. The molecule has 3 heteroatoms. The maximum Gasteiger partial charge on any atom is 0.166 e. The van der Waals surface area contributed by atoms with Crippen LogP contribution in [0.5, 0.6) is 0 Å². The quantitative estimate of drug-likeness (QED) is 0.757. The molecule has 0 saturated carbocycles. The van der Waals surface area contributed by atoms with E-state index in [1.54, 1.807) is 0 Å². The van der Waals surface area contributed by atoms with E-state index in [1.165, 1.54) is 0 Å². The van der Waals surface area contributed by atoms with Crippen LogP contribution in [0.3, 0.4) is 0 Å². The lowest BCUT2D eigenvalue weighted by Gasteiger charge is -2.04. The molecule has 98 valence electrons. The van der Waals surface area contributed by atoms with Gasteiger partial charge in [0.25, 0.3) is 0 Å². The van der Waals surface area contributed by atoms with Crippen molar-refractivity contribution in [3.8, 4) is 0 Å². The normalized spacial score (nSPS) is 10.5. The molecular weight excluding hydrogens is 246 g/mol. The van der Waals surface area contributed by atoms with Crippen molar-refractivity contribution in [3.63, 3.8) is 0 Å². The van der Waals surface area contributed by atoms with Gasteiger partial charge in [0.15, 0.2) is 5.78 Å². The number of hydrogen-bond donors (Lipinski definition) is 0. The fraction of sp³-hybridized carbons (Fsp3) is 0.188. The summed E-state index contributed by atoms with van der Waals surface area (Å²) in [6, 6.07) is 10.7. The van der Waals surface area contributed by atoms with Crippen LogP contribution in [0.4, 0.5) is 8.78 Å². The Morgan fingerprint density at radius 3 is 2.63 bits per heavy atom. The summed E-state index contributed by atoms with van der Waals surface area (Å²) in [5, 5.41) is 0. The van der Waals surface area contributed by atoms with Gasteiger partial charge in [-0.25, -0.2) is 8.78 Å². The van der Waals surface area contributed by atoms with Gasteiger partial charge in [0.2, 0.25) is 0 Å². The number of benzene rings is 2. The standard InChI is InChI=1S/C16H14F2O/c1-11-3-2-4-12(9-11)5-8-16(19)14-10-13(17)6-7-15(14)18/h2-4,6-7,9-10H,5,8H2,1H3. The van der Waals surface area contributed by atoms with Gasteiger partial charge in [-0.2, -0.15) is 0 Å². The maximum absolute atomic E-state index is 13.4. The van der Waals surface area contributed by atoms with Crippen LogP contribution in [0.2, 0.25) is 0 Å². The molecule has 0 bridgehead atoms. The van der Waals surface area contributed by atoms with Crippen molar-refractivity contribution >= 4 is 5.78 Å². The first-order chi connectivity index (χ1) is 9.06. The molecule has 0 aliphatic carbocycles. The van der Waals surface area contributed by atoms with Crippen molar-refractivity contribution in [3.05, 3.63) is 70.8 Å². The molecule has 2 aromatic carbocycles. The van der Waals surface area contributed by atoms with E-state index in [9.17, 15) is 13.6 Å². The predicted molar refractivity (Wildman–Crippen MR) is 70.2 cm³/mol. The Balaban J connectivity index is 2.07. The molecule has 0 aliphatic rings. The van der Waals surface area contributed by atoms with Gasteiger partial charge in [-0.3, -0.25) is 4.79 Å². The van der Waals surface area contributed by atoms with E-state index in [0.29, 0.717) is 6.42 Å². The van der Waals surface area contributed by atoms with E-state index < -0.39 is 11.6 Å². The van der Waals surface area contributed by atoms with Gasteiger partial charge in [0, 0.05) is 6.42 Å². The number of hydrogen-bond acceptors (Lipinski definition) is 1. The number of halogens is 2. The summed E-state index contributed by atoms with van der Waals surface area (Å²) in [6.07, 6.45) is 0.695. The molecule has 0 unspecified atom stereocenters. The average molecular weight is 260 g/mol. The molecule has 1 nitrogen and oxygen atoms in total.